The third-order valence-electron chi connectivity index (χ3n) is 7.41. The number of rotatable bonds is 9. The maximum atomic E-state index is 14.2. The smallest absolute Gasteiger partial charge is 0.316 e. The summed E-state index contributed by atoms with van der Waals surface area (Å²) in [6.45, 7) is 21.6. The molecule has 0 spiro atoms. The van der Waals surface area contributed by atoms with Crippen molar-refractivity contribution in [3.8, 4) is 5.75 Å². The fourth-order valence-electron chi connectivity index (χ4n) is 4.77. The van der Waals surface area contributed by atoms with Crippen LogP contribution in [0.25, 0.3) is 0 Å². The molecule has 36 heavy (non-hydrogen) atoms. The molecule has 0 saturated heterocycles. The van der Waals surface area contributed by atoms with Crippen molar-refractivity contribution in [2.24, 2.45) is 23.2 Å². The quantitative estimate of drug-likeness (QED) is 0.265. The number of benzene rings is 1. The zero-order valence-corrected chi connectivity index (χ0v) is 25.2. The van der Waals surface area contributed by atoms with Gasteiger partial charge in [-0.1, -0.05) is 88.3 Å². The molecule has 6 nitrogen and oxygen atoms in total. The minimum absolute atomic E-state index is 0.00752. The SMILES string of the molecule is CC(C)C1=CC(C)(C(C)C)C(S(=O)(=O)Oc2c(C(C)C)cc(S(=O)(=O)O)cc2C(C)C)C(C(C)C)=C1. The Labute approximate surface area is 219 Å². The molecule has 2 rings (SSSR count). The topological polar surface area (TPSA) is 97.7 Å². The van der Waals surface area contributed by atoms with Gasteiger partial charge in [-0.3, -0.25) is 4.55 Å². The van der Waals surface area contributed by atoms with Crippen LogP contribution in [-0.4, -0.2) is 26.6 Å². The van der Waals surface area contributed by atoms with Gasteiger partial charge in [0.1, 0.15) is 11.0 Å². The van der Waals surface area contributed by atoms with Gasteiger partial charge in [0, 0.05) is 16.5 Å². The molecular weight excluding hydrogens is 496 g/mol. The Kier molecular flexibility index (Phi) is 9.02. The Bertz CT molecular complexity index is 1220. The first-order valence-corrected chi connectivity index (χ1v) is 15.7. The van der Waals surface area contributed by atoms with Gasteiger partial charge in [0.25, 0.3) is 10.1 Å². The van der Waals surface area contributed by atoms with E-state index in [-0.39, 0.29) is 40.2 Å². The summed E-state index contributed by atoms with van der Waals surface area (Å²) in [5, 5.41) is -0.909. The maximum absolute atomic E-state index is 14.2. The molecule has 1 aliphatic carbocycles. The number of hydrogen-bond acceptors (Lipinski definition) is 5. The first kappa shape index (κ1) is 30.6. The monoisotopic (exact) mass is 540 g/mol. The van der Waals surface area contributed by atoms with Crippen LogP contribution in [-0.2, 0) is 20.2 Å². The highest BCUT2D eigenvalue weighted by atomic mass is 32.2. The van der Waals surface area contributed by atoms with Crippen molar-refractivity contribution in [2.45, 2.75) is 98.1 Å². The van der Waals surface area contributed by atoms with Gasteiger partial charge in [0.05, 0.1) is 4.90 Å². The zero-order valence-electron chi connectivity index (χ0n) is 23.6. The molecule has 0 heterocycles. The highest BCUT2D eigenvalue weighted by Gasteiger charge is 2.50. The van der Waals surface area contributed by atoms with Crippen LogP contribution in [0.4, 0.5) is 0 Å². The maximum Gasteiger partial charge on any atom is 0.316 e. The molecule has 1 aromatic rings. The van der Waals surface area contributed by atoms with E-state index >= 15 is 0 Å². The number of allylic oxidation sites excluding steroid dienone is 3. The summed E-state index contributed by atoms with van der Waals surface area (Å²) >= 11 is 0. The van der Waals surface area contributed by atoms with Gasteiger partial charge < -0.3 is 4.18 Å². The molecule has 0 radical (unpaired) electrons. The first-order chi connectivity index (χ1) is 16.2. The predicted octanol–water partition coefficient (Wildman–Crippen LogP) is 7.10. The van der Waals surface area contributed by atoms with E-state index in [1.165, 1.54) is 12.1 Å². The third-order valence-corrected chi connectivity index (χ3v) is 9.99. The Morgan fingerprint density at radius 3 is 1.61 bits per heavy atom. The van der Waals surface area contributed by atoms with E-state index in [9.17, 15) is 21.4 Å². The van der Waals surface area contributed by atoms with E-state index < -0.39 is 30.9 Å². The Balaban J connectivity index is 2.84. The summed E-state index contributed by atoms with van der Waals surface area (Å²) < 4.78 is 68.2. The van der Waals surface area contributed by atoms with Crippen molar-refractivity contribution >= 4 is 20.2 Å². The lowest BCUT2D eigenvalue weighted by Gasteiger charge is -2.43. The largest absolute Gasteiger partial charge is 0.381 e. The van der Waals surface area contributed by atoms with E-state index in [1.807, 2.05) is 68.4 Å². The van der Waals surface area contributed by atoms with E-state index in [0.29, 0.717) is 11.1 Å². The second-order valence-corrected chi connectivity index (χ2v) is 14.8. The molecule has 0 aromatic heterocycles. The molecule has 2 unspecified atom stereocenters. The molecule has 0 amide bonds. The minimum Gasteiger partial charge on any atom is -0.381 e. The summed E-state index contributed by atoms with van der Waals surface area (Å²) in [4.78, 5) is -0.267. The molecule has 8 heteroatoms. The lowest BCUT2D eigenvalue weighted by Crippen LogP contribution is -2.47. The standard InChI is InChI=1S/C28H44O6S2/c1-16(2)21-12-25(19(7)8)27(28(11,15-21)20(9)10)36(32,33)34-26-23(17(3)4)13-22(35(29,30)31)14-24(26)18(5)6/h12-20,27H,1-11H3,(H,29,30,31). The van der Waals surface area contributed by atoms with Crippen molar-refractivity contribution in [2.75, 3.05) is 0 Å². The molecule has 1 aromatic carbocycles. The molecular formula is C28H44O6S2. The van der Waals surface area contributed by atoms with Gasteiger partial charge in [0.2, 0.25) is 0 Å². The van der Waals surface area contributed by atoms with Crippen molar-refractivity contribution in [3.63, 3.8) is 0 Å². The Morgan fingerprint density at radius 1 is 0.806 bits per heavy atom. The van der Waals surface area contributed by atoms with Crippen LogP contribution in [0, 0.1) is 23.2 Å². The van der Waals surface area contributed by atoms with Gasteiger partial charge in [-0.05, 0) is 52.9 Å². The van der Waals surface area contributed by atoms with Crippen LogP contribution in [0.2, 0.25) is 0 Å². The minimum atomic E-state index is -4.48. The summed E-state index contributed by atoms with van der Waals surface area (Å²) in [5.74, 6) is -0.109. The summed E-state index contributed by atoms with van der Waals surface area (Å²) in [5.41, 5.74) is 2.06. The molecule has 0 aliphatic heterocycles. The average Bonchev–Trinajstić information content (AvgIpc) is 2.71. The molecule has 0 fully saturated rings. The third kappa shape index (κ3) is 6.08. The van der Waals surface area contributed by atoms with Gasteiger partial charge >= 0.3 is 10.1 Å². The fourth-order valence-corrected chi connectivity index (χ4v) is 7.48. The fraction of sp³-hybridized carbons (Fsp3) is 0.643. The average molecular weight is 541 g/mol. The van der Waals surface area contributed by atoms with E-state index in [4.69, 9.17) is 4.18 Å². The highest BCUT2D eigenvalue weighted by molar-refractivity contribution is 7.88. The van der Waals surface area contributed by atoms with Crippen LogP contribution < -0.4 is 4.18 Å². The van der Waals surface area contributed by atoms with E-state index in [0.717, 1.165) is 11.1 Å². The van der Waals surface area contributed by atoms with Gasteiger partial charge in [-0.25, -0.2) is 0 Å². The van der Waals surface area contributed by atoms with Crippen LogP contribution in [0.1, 0.15) is 99.1 Å². The van der Waals surface area contributed by atoms with Crippen molar-refractivity contribution in [3.05, 3.63) is 46.6 Å². The van der Waals surface area contributed by atoms with Gasteiger partial charge in [-0.15, -0.1) is 0 Å². The summed E-state index contributed by atoms with van der Waals surface area (Å²) in [7, 11) is -8.70. The van der Waals surface area contributed by atoms with Crippen molar-refractivity contribution < 1.29 is 25.6 Å². The van der Waals surface area contributed by atoms with Crippen LogP contribution in [0.5, 0.6) is 5.75 Å². The lowest BCUT2D eigenvalue weighted by atomic mass is 9.67. The molecule has 2 atom stereocenters. The molecule has 0 saturated carbocycles. The summed E-state index contributed by atoms with van der Waals surface area (Å²) in [6, 6.07) is 2.63. The predicted molar refractivity (Wildman–Crippen MR) is 147 cm³/mol. The summed E-state index contributed by atoms with van der Waals surface area (Å²) in [6.07, 6.45) is 4.10. The molecule has 1 aliphatic rings. The second-order valence-electron chi connectivity index (χ2n) is 11.8. The normalized spacial score (nSPS) is 21.5. The van der Waals surface area contributed by atoms with E-state index in [1.54, 1.807) is 0 Å². The zero-order chi connectivity index (χ0) is 28.0. The van der Waals surface area contributed by atoms with Crippen LogP contribution in [0.15, 0.2) is 40.3 Å². The van der Waals surface area contributed by atoms with Crippen molar-refractivity contribution in [1.82, 2.24) is 0 Å². The van der Waals surface area contributed by atoms with Crippen molar-refractivity contribution in [1.29, 1.82) is 0 Å². The van der Waals surface area contributed by atoms with Crippen LogP contribution in [0.3, 0.4) is 0 Å². The molecule has 1 N–H and O–H groups in total. The first-order valence-electron chi connectivity index (χ1n) is 12.8. The lowest BCUT2D eigenvalue weighted by molar-refractivity contribution is 0.272. The highest BCUT2D eigenvalue weighted by Crippen LogP contribution is 2.48. The molecule has 204 valence electrons. The Hall–Kier alpha value is -1.64. The van der Waals surface area contributed by atoms with E-state index in [2.05, 4.69) is 19.9 Å². The second kappa shape index (κ2) is 10.6. The van der Waals surface area contributed by atoms with Gasteiger partial charge in [-0.2, -0.15) is 16.8 Å². The number of hydrogen-bond donors (Lipinski definition) is 1. The molecule has 0 bridgehead atoms. The Morgan fingerprint density at radius 2 is 1.28 bits per heavy atom. The van der Waals surface area contributed by atoms with Crippen LogP contribution >= 0.6 is 0 Å². The van der Waals surface area contributed by atoms with Gasteiger partial charge in [0.15, 0.2) is 0 Å².